The molecule has 3 N–H and O–H groups in total. The predicted molar refractivity (Wildman–Crippen MR) is 168 cm³/mol. The van der Waals surface area contributed by atoms with Crippen LogP contribution in [0.3, 0.4) is 0 Å². The molecular formula is C33H53NO10Si. The number of carbonyl (C=O) groups excluding carboxylic acids is 4. The maximum absolute atomic E-state index is 15.0. The number of unbranched alkanes of at least 4 members (excludes halogenated alkanes) is 1. The van der Waals surface area contributed by atoms with Crippen LogP contribution in [-0.2, 0) is 33.0 Å². The average Bonchev–Trinajstić information content (AvgIpc) is 2.97. The van der Waals surface area contributed by atoms with Crippen molar-refractivity contribution in [3.05, 3.63) is 11.1 Å². The van der Waals surface area contributed by atoms with Crippen LogP contribution in [0.2, 0.25) is 18.1 Å². The number of allylic oxidation sites excluding steroid dienone is 1. The molecular weight excluding hydrogens is 598 g/mol. The number of carbonyl (C=O) groups is 4. The number of alkyl carbamates (subject to hydrolysis) is 1. The molecule has 3 fully saturated rings. The van der Waals surface area contributed by atoms with E-state index in [2.05, 4.69) is 26.1 Å². The highest BCUT2D eigenvalue weighted by Crippen LogP contribution is 2.64. The number of fused-ring (bicyclic) bond motifs is 5. The monoisotopic (exact) mass is 651 g/mol. The van der Waals surface area contributed by atoms with Gasteiger partial charge >= 0.3 is 12.1 Å². The van der Waals surface area contributed by atoms with Crippen molar-refractivity contribution in [1.29, 1.82) is 0 Å². The molecule has 4 aliphatic rings. The highest BCUT2D eigenvalue weighted by molar-refractivity contribution is 6.73. The number of nitrogens with one attached hydrogen (secondary N) is 1. The predicted octanol–water partition coefficient (Wildman–Crippen LogP) is 3.99. The minimum absolute atomic E-state index is 0.100. The Morgan fingerprint density at radius 2 is 1.71 bits per heavy atom. The third kappa shape index (κ3) is 5.32. The number of ketones is 2. The van der Waals surface area contributed by atoms with Gasteiger partial charge in [0.1, 0.15) is 23.9 Å². The van der Waals surface area contributed by atoms with Crippen LogP contribution in [0.5, 0.6) is 0 Å². The van der Waals surface area contributed by atoms with E-state index in [1.54, 1.807) is 27.7 Å². The second-order valence-corrected chi connectivity index (χ2v) is 19.0. The van der Waals surface area contributed by atoms with E-state index in [-0.39, 0.29) is 24.2 Å². The molecule has 11 nitrogen and oxygen atoms in total. The van der Waals surface area contributed by atoms with Crippen molar-refractivity contribution in [3.63, 3.8) is 0 Å². The van der Waals surface area contributed by atoms with Crippen LogP contribution < -0.4 is 5.32 Å². The Bertz CT molecular complexity index is 1240. The number of esters is 1. The number of ether oxygens (including phenoxy) is 3. The Morgan fingerprint density at radius 3 is 2.22 bits per heavy atom. The largest absolute Gasteiger partial charge is 0.454 e. The Labute approximate surface area is 267 Å². The van der Waals surface area contributed by atoms with Gasteiger partial charge in [0.2, 0.25) is 0 Å². The number of aliphatic hydroxyl groups is 2. The summed E-state index contributed by atoms with van der Waals surface area (Å²) in [5, 5.41) is 27.6. The summed E-state index contributed by atoms with van der Waals surface area (Å²) >= 11 is 0. The topological polar surface area (TPSA) is 158 Å². The van der Waals surface area contributed by atoms with Crippen LogP contribution in [0.25, 0.3) is 0 Å². The molecule has 0 aromatic heterocycles. The molecule has 12 heteroatoms. The maximum Gasteiger partial charge on any atom is 0.407 e. The minimum Gasteiger partial charge on any atom is -0.454 e. The van der Waals surface area contributed by atoms with E-state index in [4.69, 9.17) is 18.6 Å². The molecule has 1 heterocycles. The summed E-state index contributed by atoms with van der Waals surface area (Å²) < 4.78 is 25.4. The van der Waals surface area contributed by atoms with Crippen LogP contribution in [-0.4, -0.2) is 90.9 Å². The molecule has 1 amide bonds. The fraction of sp³-hybridized carbons (Fsp3) is 0.818. The second-order valence-electron chi connectivity index (χ2n) is 14.3. The SMILES string of the molecule is CCCCNC(=O)O[C@H]1[C@@H]2[C@]3(OC(C)=O)CO[C@@H]3C[C@H](O[Si](CC)(CC)CC)[C@@]2(C)C(=O)[C@H](O)C2=C(C)C(=O)C[C@]1(O)C2(C)C. The van der Waals surface area contributed by atoms with E-state index in [0.29, 0.717) is 13.0 Å². The highest BCUT2D eigenvalue weighted by Gasteiger charge is 2.78. The zero-order valence-electron chi connectivity index (χ0n) is 28.4. The molecule has 0 aromatic carbocycles. The van der Waals surface area contributed by atoms with Crippen LogP contribution in [0.4, 0.5) is 4.79 Å². The lowest BCUT2D eigenvalue weighted by Crippen LogP contribution is -2.82. The van der Waals surface area contributed by atoms with Gasteiger partial charge in [0.05, 0.1) is 24.0 Å². The van der Waals surface area contributed by atoms with Gasteiger partial charge in [-0.25, -0.2) is 4.79 Å². The molecule has 0 spiro atoms. The van der Waals surface area contributed by atoms with Gasteiger partial charge in [-0.05, 0) is 49.5 Å². The molecule has 254 valence electrons. The van der Waals surface area contributed by atoms with Crippen molar-refractivity contribution in [1.82, 2.24) is 5.32 Å². The smallest absolute Gasteiger partial charge is 0.407 e. The summed E-state index contributed by atoms with van der Waals surface area (Å²) in [5.41, 5.74) is -6.33. The lowest BCUT2D eigenvalue weighted by atomic mass is 9.45. The number of hydrogen-bond donors (Lipinski definition) is 3. The van der Waals surface area contributed by atoms with Crippen molar-refractivity contribution in [2.24, 2.45) is 16.7 Å². The van der Waals surface area contributed by atoms with Crippen LogP contribution in [0, 0.1) is 16.7 Å². The van der Waals surface area contributed by atoms with Crippen LogP contribution >= 0.6 is 0 Å². The molecule has 1 aliphatic heterocycles. The Kier molecular flexibility index (Phi) is 9.91. The summed E-state index contributed by atoms with van der Waals surface area (Å²) in [6.07, 6.45) is -4.39. The Hall–Kier alpha value is -2.12. The van der Waals surface area contributed by atoms with E-state index in [0.717, 1.165) is 24.6 Å². The van der Waals surface area contributed by atoms with Crippen molar-refractivity contribution in [3.8, 4) is 0 Å². The van der Waals surface area contributed by atoms with Gasteiger partial charge in [-0.15, -0.1) is 0 Å². The number of Topliss-reactive ketones (excluding diaryl/α,β-unsaturated/α-hetero) is 2. The van der Waals surface area contributed by atoms with Gasteiger partial charge < -0.3 is 34.2 Å². The van der Waals surface area contributed by atoms with Gasteiger partial charge in [-0.2, -0.15) is 0 Å². The average molecular weight is 652 g/mol. The summed E-state index contributed by atoms with van der Waals surface area (Å²) in [6.45, 7) is 16.2. The van der Waals surface area contributed by atoms with E-state index in [1.165, 1.54) is 6.92 Å². The first-order valence-electron chi connectivity index (χ1n) is 16.6. The van der Waals surface area contributed by atoms with Crippen molar-refractivity contribution >= 4 is 31.9 Å². The second kappa shape index (κ2) is 12.5. The number of amides is 1. The molecule has 1 saturated heterocycles. The molecule has 2 bridgehead atoms. The first-order chi connectivity index (χ1) is 21.0. The number of rotatable bonds is 10. The molecule has 3 aliphatic carbocycles. The normalized spacial score (nSPS) is 37.4. The van der Waals surface area contributed by atoms with Gasteiger partial charge in [-0.1, -0.05) is 48.0 Å². The Morgan fingerprint density at radius 1 is 1.09 bits per heavy atom. The molecule has 2 saturated carbocycles. The minimum atomic E-state index is -2.41. The van der Waals surface area contributed by atoms with Gasteiger partial charge in [0, 0.05) is 31.7 Å². The van der Waals surface area contributed by atoms with Gasteiger partial charge in [0.25, 0.3) is 0 Å². The maximum atomic E-state index is 15.0. The molecule has 0 radical (unpaired) electrons. The third-order valence-corrected chi connectivity index (χ3v) is 16.5. The summed E-state index contributed by atoms with van der Waals surface area (Å²) in [5.74, 6) is -2.95. The number of hydrogen-bond acceptors (Lipinski definition) is 10. The highest BCUT2D eigenvalue weighted by atomic mass is 28.4. The number of aliphatic hydroxyl groups excluding tert-OH is 1. The van der Waals surface area contributed by atoms with Crippen molar-refractivity contribution in [2.45, 2.75) is 142 Å². The lowest BCUT2D eigenvalue weighted by molar-refractivity contribution is -0.343. The zero-order chi connectivity index (χ0) is 33.8. The van der Waals surface area contributed by atoms with E-state index >= 15 is 4.79 Å². The summed E-state index contributed by atoms with van der Waals surface area (Å²) in [4.78, 5) is 54.9. The standard InChI is InChI=1S/C33H53NO10Si/c1-10-14-15-34-29(39)42-28-26-31(9,27(38)25(37)24-19(5)21(36)17-33(28,40)30(24,7)8)22(44-45(11-2,12-3)13-4)16-23-32(26,18-41-23)43-20(6)35/h22-23,25-26,28,37,40H,10-18H2,1-9H3,(H,34,39)/t22-,23+,25+,26-,28-,31+,32-,33+/m0/s1. The molecule has 0 unspecified atom stereocenters. The van der Waals surface area contributed by atoms with Crippen LogP contribution in [0.15, 0.2) is 11.1 Å². The fourth-order valence-electron chi connectivity index (χ4n) is 8.70. The van der Waals surface area contributed by atoms with Crippen LogP contribution in [0.1, 0.15) is 88.0 Å². The first kappa shape index (κ1) is 35.7. The molecule has 4 rings (SSSR count). The summed E-state index contributed by atoms with van der Waals surface area (Å²) in [7, 11) is -2.41. The molecule has 8 atom stereocenters. The summed E-state index contributed by atoms with van der Waals surface area (Å²) in [6, 6.07) is 2.35. The molecule has 0 aromatic rings. The van der Waals surface area contributed by atoms with Gasteiger partial charge in [-0.3, -0.25) is 14.4 Å². The third-order valence-electron chi connectivity index (χ3n) is 11.9. The lowest BCUT2D eigenvalue weighted by Gasteiger charge is -2.67. The first-order valence-corrected chi connectivity index (χ1v) is 19.1. The van der Waals surface area contributed by atoms with Gasteiger partial charge in [0.15, 0.2) is 25.5 Å². The van der Waals surface area contributed by atoms with Crippen molar-refractivity contribution in [2.75, 3.05) is 13.2 Å². The van der Waals surface area contributed by atoms with E-state index < -0.39 is 90.7 Å². The quantitative estimate of drug-likeness (QED) is 0.179. The fourth-order valence-corrected chi connectivity index (χ4v) is 11.6. The molecule has 45 heavy (non-hydrogen) atoms. The zero-order valence-corrected chi connectivity index (χ0v) is 29.4. The van der Waals surface area contributed by atoms with E-state index in [9.17, 15) is 24.6 Å². The van der Waals surface area contributed by atoms with E-state index in [1.807, 2.05) is 6.92 Å². The van der Waals surface area contributed by atoms with Crippen molar-refractivity contribution < 1.29 is 48.0 Å². The Balaban J connectivity index is 2.06.